The van der Waals surface area contributed by atoms with E-state index in [2.05, 4.69) is 10.6 Å². The highest BCUT2D eigenvalue weighted by molar-refractivity contribution is 7.80. The third-order valence-electron chi connectivity index (χ3n) is 1.20. The third-order valence-corrected chi connectivity index (χ3v) is 1.55. The van der Waals surface area contributed by atoms with Crippen LogP contribution in [-0.2, 0) is 4.79 Å². The molecule has 64 valence electrons. The molecule has 0 aliphatic carbocycles. The maximum absolute atomic E-state index is 10.9. The minimum atomic E-state index is 0.199. The average molecular weight is 174 g/mol. The van der Waals surface area contributed by atoms with Crippen LogP contribution >= 0.6 is 12.2 Å². The number of hydrogen-bond acceptors (Lipinski definition) is 2. The first-order valence-corrected chi connectivity index (χ1v) is 4.08. The number of rotatable bonds is 4. The molecule has 0 aromatic carbocycles. The molecule has 0 radical (unpaired) electrons. The molecule has 0 spiro atoms. The number of thiocarbonyl (C=S) groups is 1. The molecule has 0 unspecified atom stereocenters. The van der Waals surface area contributed by atoms with Crippen LogP contribution < -0.4 is 10.6 Å². The van der Waals surface area contributed by atoms with E-state index in [4.69, 9.17) is 12.2 Å². The highest BCUT2D eigenvalue weighted by atomic mass is 32.1. The molecule has 0 bridgehead atoms. The monoisotopic (exact) mass is 174 g/mol. The zero-order valence-electron chi connectivity index (χ0n) is 6.94. The zero-order valence-corrected chi connectivity index (χ0v) is 7.75. The van der Waals surface area contributed by atoms with Crippen molar-refractivity contribution in [2.45, 2.75) is 19.8 Å². The summed E-state index contributed by atoms with van der Waals surface area (Å²) in [5.74, 6) is 0.199. The van der Waals surface area contributed by atoms with E-state index < -0.39 is 0 Å². The number of hydrogen-bond donors (Lipinski definition) is 2. The Kier molecular flexibility index (Phi) is 5.74. The Morgan fingerprint density at radius 2 is 2.18 bits per heavy atom. The molecule has 0 aromatic rings. The van der Waals surface area contributed by atoms with Crippen molar-refractivity contribution >= 4 is 23.1 Å². The van der Waals surface area contributed by atoms with Gasteiger partial charge in [0.25, 0.3) is 0 Å². The number of Topliss-reactive ketones (excluding diaryl/α,β-unsaturated/α-hetero) is 1. The topological polar surface area (TPSA) is 41.1 Å². The minimum absolute atomic E-state index is 0.199. The highest BCUT2D eigenvalue weighted by Crippen LogP contribution is 1.86. The molecular weight excluding hydrogens is 160 g/mol. The lowest BCUT2D eigenvalue weighted by Gasteiger charge is -2.04. The third kappa shape index (κ3) is 5.79. The molecule has 0 saturated carbocycles. The van der Waals surface area contributed by atoms with Crippen molar-refractivity contribution in [3.8, 4) is 0 Å². The molecule has 0 saturated heterocycles. The van der Waals surface area contributed by atoms with Crippen molar-refractivity contribution in [1.82, 2.24) is 10.6 Å². The molecule has 0 rings (SSSR count). The second kappa shape index (κ2) is 6.09. The van der Waals surface area contributed by atoms with Crippen molar-refractivity contribution in [2.75, 3.05) is 13.6 Å². The Balaban J connectivity index is 3.38. The SMILES string of the molecule is CCCC(=O)CNC(=S)NC. The van der Waals surface area contributed by atoms with Gasteiger partial charge in [0, 0.05) is 13.5 Å². The van der Waals surface area contributed by atoms with Crippen molar-refractivity contribution < 1.29 is 4.79 Å². The van der Waals surface area contributed by atoms with Crippen LogP contribution in [0.5, 0.6) is 0 Å². The van der Waals surface area contributed by atoms with Crippen LogP contribution in [0, 0.1) is 0 Å². The van der Waals surface area contributed by atoms with Gasteiger partial charge in [0.1, 0.15) is 0 Å². The first-order valence-electron chi connectivity index (χ1n) is 3.68. The van der Waals surface area contributed by atoms with Crippen molar-refractivity contribution in [3.05, 3.63) is 0 Å². The summed E-state index contributed by atoms with van der Waals surface area (Å²) in [4.78, 5) is 10.9. The van der Waals surface area contributed by atoms with Crippen LogP contribution in [0.2, 0.25) is 0 Å². The first-order chi connectivity index (χ1) is 5.20. The van der Waals surface area contributed by atoms with E-state index in [1.807, 2.05) is 6.92 Å². The van der Waals surface area contributed by atoms with Crippen molar-refractivity contribution in [1.29, 1.82) is 0 Å². The van der Waals surface area contributed by atoms with Gasteiger partial charge in [0.05, 0.1) is 6.54 Å². The molecule has 11 heavy (non-hydrogen) atoms. The van der Waals surface area contributed by atoms with E-state index in [0.717, 1.165) is 6.42 Å². The number of ketones is 1. The summed E-state index contributed by atoms with van der Waals surface area (Å²) in [6.07, 6.45) is 1.52. The maximum atomic E-state index is 10.9. The van der Waals surface area contributed by atoms with E-state index in [1.165, 1.54) is 0 Å². The van der Waals surface area contributed by atoms with E-state index in [1.54, 1.807) is 7.05 Å². The fourth-order valence-electron chi connectivity index (χ4n) is 0.634. The van der Waals surface area contributed by atoms with Gasteiger partial charge >= 0.3 is 0 Å². The molecule has 4 heteroatoms. The van der Waals surface area contributed by atoms with Gasteiger partial charge in [0.15, 0.2) is 10.9 Å². The quantitative estimate of drug-likeness (QED) is 0.607. The summed E-state index contributed by atoms with van der Waals surface area (Å²) in [5.41, 5.74) is 0. The van der Waals surface area contributed by atoms with Crippen LogP contribution in [0.3, 0.4) is 0 Å². The summed E-state index contributed by atoms with van der Waals surface area (Å²) in [5, 5.41) is 6.04. The van der Waals surface area contributed by atoms with Gasteiger partial charge in [-0.3, -0.25) is 4.79 Å². The molecule has 0 aromatic heterocycles. The second-order valence-corrected chi connectivity index (χ2v) is 2.63. The lowest BCUT2D eigenvalue weighted by Crippen LogP contribution is -2.35. The number of carbonyl (C=O) groups is 1. The van der Waals surface area contributed by atoms with E-state index in [-0.39, 0.29) is 5.78 Å². The maximum Gasteiger partial charge on any atom is 0.166 e. The summed E-state index contributed by atoms with van der Waals surface area (Å²) >= 11 is 4.78. The van der Waals surface area contributed by atoms with Gasteiger partial charge < -0.3 is 10.6 Å². The fraction of sp³-hybridized carbons (Fsp3) is 0.714. The fourth-order valence-corrected chi connectivity index (χ4v) is 0.707. The molecule has 0 atom stereocenters. The predicted octanol–water partition coefficient (Wildman–Crippen LogP) is 0.450. The van der Waals surface area contributed by atoms with Crippen molar-refractivity contribution in [3.63, 3.8) is 0 Å². The Hall–Kier alpha value is -0.640. The highest BCUT2D eigenvalue weighted by Gasteiger charge is 1.99. The normalized spacial score (nSPS) is 8.91. The molecule has 0 aliphatic rings. The van der Waals surface area contributed by atoms with Gasteiger partial charge in [0.2, 0.25) is 0 Å². The number of carbonyl (C=O) groups excluding carboxylic acids is 1. The first kappa shape index (κ1) is 10.4. The van der Waals surface area contributed by atoms with E-state index in [0.29, 0.717) is 18.1 Å². The Bertz CT molecular complexity index is 147. The van der Waals surface area contributed by atoms with Gasteiger partial charge in [-0.25, -0.2) is 0 Å². The van der Waals surface area contributed by atoms with Crippen LogP contribution in [-0.4, -0.2) is 24.5 Å². The standard InChI is InChI=1S/C7H14N2OS/c1-3-4-6(10)5-9-7(11)8-2/h3-5H2,1-2H3,(H2,8,9,11). The average Bonchev–Trinajstić information content (AvgIpc) is 2.01. The molecular formula is C7H14N2OS. The second-order valence-electron chi connectivity index (χ2n) is 2.22. The Morgan fingerprint density at radius 3 is 2.64 bits per heavy atom. The number of nitrogens with one attached hydrogen (secondary N) is 2. The predicted molar refractivity (Wildman–Crippen MR) is 49.6 cm³/mol. The summed E-state index contributed by atoms with van der Waals surface area (Å²) in [6, 6.07) is 0. The molecule has 0 amide bonds. The molecule has 0 fully saturated rings. The Morgan fingerprint density at radius 1 is 1.55 bits per heavy atom. The molecule has 0 heterocycles. The summed E-state index contributed by atoms with van der Waals surface area (Å²) in [7, 11) is 1.72. The van der Waals surface area contributed by atoms with Crippen LogP contribution in [0.25, 0.3) is 0 Å². The smallest absolute Gasteiger partial charge is 0.166 e. The van der Waals surface area contributed by atoms with Crippen LogP contribution in [0.15, 0.2) is 0 Å². The molecule has 2 N–H and O–H groups in total. The van der Waals surface area contributed by atoms with E-state index >= 15 is 0 Å². The van der Waals surface area contributed by atoms with Crippen LogP contribution in [0.1, 0.15) is 19.8 Å². The van der Waals surface area contributed by atoms with Crippen molar-refractivity contribution in [2.24, 2.45) is 0 Å². The van der Waals surface area contributed by atoms with Gasteiger partial charge in [-0.15, -0.1) is 0 Å². The van der Waals surface area contributed by atoms with Gasteiger partial charge in [-0.1, -0.05) is 6.92 Å². The zero-order chi connectivity index (χ0) is 8.69. The van der Waals surface area contributed by atoms with E-state index in [9.17, 15) is 4.79 Å². The largest absolute Gasteiger partial charge is 0.366 e. The summed E-state index contributed by atoms with van der Waals surface area (Å²) < 4.78 is 0. The summed E-state index contributed by atoms with van der Waals surface area (Å²) in [6.45, 7) is 2.32. The lowest BCUT2D eigenvalue weighted by molar-refractivity contribution is -0.118. The molecule has 3 nitrogen and oxygen atoms in total. The lowest BCUT2D eigenvalue weighted by atomic mass is 10.2. The van der Waals surface area contributed by atoms with Gasteiger partial charge in [-0.05, 0) is 18.6 Å². The minimum Gasteiger partial charge on any atom is -0.366 e. The Labute approximate surface area is 72.5 Å². The van der Waals surface area contributed by atoms with Crippen LogP contribution in [0.4, 0.5) is 0 Å². The molecule has 0 aliphatic heterocycles. The van der Waals surface area contributed by atoms with Gasteiger partial charge in [-0.2, -0.15) is 0 Å².